The Balaban J connectivity index is 1.33. The highest BCUT2D eigenvalue weighted by Gasteiger charge is 2.38. The van der Waals surface area contributed by atoms with Crippen molar-refractivity contribution in [3.05, 3.63) is 47.6 Å². The summed E-state index contributed by atoms with van der Waals surface area (Å²) in [6, 6.07) is 10.6. The number of aromatic nitrogens is 2. The van der Waals surface area contributed by atoms with Gasteiger partial charge in [-0.3, -0.25) is 0 Å². The van der Waals surface area contributed by atoms with Gasteiger partial charge >= 0.3 is 0 Å². The van der Waals surface area contributed by atoms with E-state index in [2.05, 4.69) is 45.4 Å². The zero-order valence-corrected chi connectivity index (χ0v) is 14.0. The molecule has 128 valence electrons. The van der Waals surface area contributed by atoms with Gasteiger partial charge in [-0.1, -0.05) is 35.5 Å². The third-order valence-corrected chi connectivity index (χ3v) is 5.25. The number of hydrogen-bond donors (Lipinski definition) is 1. The second-order valence-corrected chi connectivity index (χ2v) is 7.16. The zero-order valence-electron chi connectivity index (χ0n) is 14.0. The average Bonchev–Trinajstić information content (AvgIpc) is 3.20. The summed E-state index contributed by atoms with van der Waals surface area (Å²) >= 11 is 0. The van der Waals surface area contributed by atoms with E-state index in [0.29, 0.717) is 5.92 Å². The lowest BCUT2D eigenvalue weighted by Gasteiger charge is -2.15. The van der Waals surface area contributed by atoms with Crippen LogP contribution in [-0.2, 0) is 6.42 Å². The highest BCUT2D eigenvalue weighted by Crippen LogP contribution is 2.39. The van der Waals surface area contributed by atoms with Crippen LogP contribution in [0.4, 0.5) is 0 Å². The first-order valence-electron chi connectivity index (χ1n) is 9.04. The fourth-order valence-electron chi connectivity index (χ4n) is 3.66. The van der Waals surface area contributed by atoms with E-state index >= 15 is 0 Å². The van der Waals surface area contributed by atoms with Crippen LogP contribution >= 0.6 is 0 Å². The van der Waals surface area contributed by atoms with Gasteiger partial charge in [0.05, 0.1) is 5.92 Å². The topological polar surface area (TPSA) is 62.4 Å². The number of nitrogens with zero attached hydrogens (tertiary/aromatic N) is 3. The van der Waals surface area contributed by atoms with Crippen molar-refractivity contribution in [1.82, 2.24) is 15.0 Å². The molecule has 24 heavy (non-hydrogen) atoms. The summed E-state index contributed by atoms with van der Waals surface area (Å²) < 4.78 is 5.51. The van der Waals surface area contributed by atoms with Gasteiger partial charge in [-0.25, -0.2) is 0 Å². The summed E-state index contributed by atoms with van der Waals surface area (Å²) in [5.74, 6) is 2.48. The predicted octanol–water partition coefficient (Wildman–Crippen LogP) is 2.59. The molecule has 5 heteroatoms. The van der Waals surface area contributed by atoms with E-state index in [1.807, 2.05) is 0 Å². The average molecular weight is 327 g/mol. The molecule has 1 N–H and O–H groups in total. The van der Waals surface area contributed by atoms with E-state index in [1.54, 1.807) is 0 Å². The normalized spacial score (nSPS) is 24.5. The molecule has 2 fully saturated rings. The molecule has 0 unspecified atom stereocenters. The molecular formula is C19H25N3O2. The molecule has 2 aromatic rings. The van der Waals surface area contributed by atoms with Crippen LogP contribution < -0.4 is 0 Å². The smallest absolute Gasteiger partial charge is 0.231 e. The number of aliphatic hydroxyl groups is 1. The lowest BCUT2D eigenvalue weighted by molar-refractivity contribution is 0.205. The zero-order chi connectivity index (χ0) is 16.4. The standard InChI is InChI=1S/C19H25N3O2/c23-13-16-11-22(10-4-7-14-5-2-1-3-6-14)12-17(16)19-20-18(21-24-19)15-8-9-15/h1-3,5-6,15-17,23H,4,7-13H2/t16-,17+/m0/s1. The number of hydrogen-bond acceptors (Lipinski definition) is 5. The van der Waals surface area contributed by atoms with E-state index in [4.69, 9.17) is 4.52 Å². The van der Waals surface area contributed by atoms with Crippen LogP contribution in [0.15, 0.2) is 34.9 Å². The van der Waals surface area contributed by atoms with Crippen LogP contribution in [-0.4, -0.2) is 46.4 Å². The molecule has 2 heterocycles. The predicted molar refractivity (Wildman–Crippen MR) is 90.8 cm³/mol. The second-order valence-electron chi connectivity index (χ2n) is 7.16. The molecule has 1 aliphatic heterocycles. The van der Waals surface area contributed by atoms with Crippen molar-refractivity contribution >= 4 is 0 Å². The number of rotatable bonds is 7. The first kappa shape index (κ1) is 15.8. The van der Waals surface area contributed by atoms with Crippen molar-refractivity contribution in [2.24, 2.45) is 5.92 Å². The van der Waals surface area contributed by atoms with E-state index in [-0.39, 0.29) is 18.4 Å². The second kappa shape index (κ2) is 7.03. The fourth-order valence-corrected chi connectivity index (χ4v) is 3.66. The van der Waals surface area contributed by atoms with Crippen molar-refractivity contribution < 1.29 is 9.63 Å². The third-order valence-electron chi connectivity index (χ3n) is 5.25. The molecule has 0 spiro atoms. The lowest BCUT2D eigenvalue weighted by atomic mass is 9.97. The minimum Gasteiger partial charge on any atom is -0.396 e. The Morgan fingerprint density at radius 2 is 2.00 bits per heavy atom. The van der Waals surface area contributed by atoms with Gasteiger partial charge in [0.2, 0.25) is 5.89 Å². The summed E-state index contributed by atoms with van der Waals surface area (Å²) in [5.41, 5.74) is 1.39. The minimum atomic E-state index is 0.173. The highest BCUT2D eigenvalue weighted by atomic mass is 16.5. The van der Waals surface area contributed by atoms with Gasteiger partial charge in [0.15, 0.2) is 5.82 Å². The molecular weight excluding hydrogens is 302 g/mol. The Morgan fingerprint density at radius 1 is 1.17 bits per heavy atom. The van der Waals surface area contributed by atoms with E-state index in [0.717, 1.165) is 44.2 Å². The van der Waals surface area contributed by atoms with E-state index in [1.165, 1.54) is 18.4 Å². The third kappa shape index (κ3) is 3.52. The fraction of sp³-hybridized carbons (Fsp3) is 0.579. The summed E-state index contributed by atoms with van der Waals surface area (Å²) in [6.07, 6.45) is 4.58. The maximum Gasteiger partial charge on any atom is 0.231 e. The molecule has 1 aromatic carbocycles. The lowest BCUT2D eigenvalue weighted by Crippen LogP contribution is -2.23. The van der Waals surface area contributed by atoms with Gasteiger partial charge in [0, 0.05) is 31.5 Å². The SMILES string of the molecule is OC[C@@H]1CN(CCCc2ccccc2)C[C@H]1c1nc(C2CC2)no1. The molecule has 2 atom stereocenters. The van der Waals surface area contributed by atoms with Crippen LogP contribution in [0.3, 0.4) is 0 Å². The summed E-state index contributed by atoms with van der Waals surface area (Å²) in [5, 5.41) is 13.9. The van der Waals surface area contributed by atoms with Crippen molar-refractivity contribution in [3.8, 4) is 0 Å². The van der Waals surface area contributed by atoms with E-state index in [9.17, 15) is 5.11 Å². The van der Waals surface area contributed by atoms with Gasteiger partial charge in [-0.15, -0.1) is 0 Å². The minimum absolute atomic E-state index is 0.173. The van der Waals surface area contributed by atoms with Gasteiger partial charge in [-0.05, 0) is 37.8 Å². The summed E-state index contributed by atoms with van der Waals surface area (Å²) in [4.78, 5) is 7.03. The number of benzene rings is 1. The van der Waals surface area contributed by atoms with Crippen LogP contribution in [0.5, 0.6) is 0 Å². The largest absolute Gasteiger partial charge is 0.396 e. The summed E-state index contributed by atoms with van der Waals surface area (Å²) in [6.45, 7) is 3.05. The van der Waals surface area contributed by atoms with Crippen LogP contribution in [0.1, 0.15) is 48.4 Å². The summed E-state index contributed by atoms with van der Waals surface area (Å²) in [7, 11) is 0. The molecule has 5 nitrogen and oxygen atoms in total. The molecule has 1 aliphatic carbocycles. The van der Waals surface area contributed by atoms with Gasteiger partial charge in [0.1, 0.15) is 0 Å². The Bertz CT molecular complexity index is 654. The molecule has 1 aromatic heterocycles. The number of likely N-dealkylation sites (tertiary alicyclic amines) is 1. The molecule has 0 bridgehead atoms. The maximum atomic E-state index is 9.73. The monoisotopic (exact) mass is 327 g/mol. The Morgan fingerprint density at radius 3 is 2.75 bits per heavy atom. The van der Waals surface area contributed by atoms with Gasteiger partial charge in [-0.2, -0.15) is 4.98 Å². The van der Waals surface area contributed by atoms with Gasteiger partial charge < -0.3 is 14.5 Å². The number of aryl methyl sites for hydroxylation is 1. The molecule has 4 rings (SSSR count). The quantitative estimate of drug-likeness (QED) is 0.847. The Hall–Kier alpha value is -1.72. The van der Waals surface area contributed by atoms with Crippen molar-refractivity contribution in [3.63, 3.8) is 0 Å². The first-order chi connectivity index (χ1) is 11.8. The number of aliphatic hydroxyl groups excluding tert-OH is 1. The molecule has 0 amide bonds. The van der Waals surface area contributed by atoms with E-state index < -0.39 is 0 Å². The maximum absolute atomic E-state index is 9.73. The molecule has 0 radical (unpaired) electrons. The van der Waals surface area contributed by atoms with Crippen molar-refractivity contribution in [2.75, 3.05) is 26.2 Å². The van der Waals surface area contributed by atoms with Crippen molar-refractivity contribution in [2.45, 2.75) is 37.5 Å². The first-order valence-corrected chi connectivity index (χ1v) is 9.04. The highest BCUT2D eigenvalue weighted by molar-refractivity contribution is 5.14. The van der Waals surface area contributed by atoms with Crippen LogP contribution in [0, 0.1) is 5.92 Å². The molecule has 2 aliphatic rings. The van der Waals surface area contributed by atoms with Gasteiger partial charge in [0.25, 0.3) is 0 Å². The molecule has 1 saturated heterocycles. The van der Waals surface area contributed by atoms with Crippen LogP contribution in [0.2, 0.25) is 0 Å². The Kier molecular flexibility index (Phi) is 4.63. The van der Waals surface area contributed by atoms with Crippen LogP contribution in [0.25, 0.3) is 0 Å². The van der Waals surface area contributed by atoms with Crippen molar-refractivity contribution in [1.29, 1.82) is 0 Å². The Labute approximate surface area is 142 Å². The molecule has 1 saturated carbocycles.